The molecular formula is C27H24F14N2O5. The Morgan fingerprint density at radius 1 is 0.833 bits per heavy atom. The third kappa shape index (κ3) is 9.10. The number of hydrogen-bond donors (Lipinski definition) is 2. The molecule has 0 aliphatic rings. The van der Waals surface area contributed by atoms with E-state index in [0.29, 0.717) is 17.7 Å². The summed E-state index contributed by atoms with van der Waals surface area (Å²) in [5.41, 5.74) is -1.82. The van der Waals surface area contributed by atoms with Crippen molar-refractivity contribution in [1.29, 1.82) is 0 Å². The molecule has 0 aromatic heterocycles. The van der Waals surface area contributed by atoms with E-state index < -0.39 is 90.0 Å². The number of amides is 2. The number of carbonyl (C=O) groups is 2. The number of carboxylic acids is 1. The largest absolute Gasteiger partial charge is 0.492 e. The van der Waals surface area contributed by atoms with Gasteiger partial charge < -0.3 is 24.8 Å². The molecular weight excluding hydrogens is 698 g/mol. The number of carbonyl (C=O) groups excluding carboxylic acids is 1. The van der Waals surface area contributed by atoms with Crippen molar-refractivity contribution in [3.05, 3.63) is 59.7 Å². The van der Waals surface area contributed by atoms with E-state index in [1.807, 2.05) is 0 Å². The Morgan fingerprint density at radius 3 is 1.92 bits per heavy atom. The van der Waals surface area contributed by atoms with E-state index in [4.69, 9.17) is 14.6 Å². The zero-order valence-corrected chi connectivity index (χ0v) is 24.1. The van der Waals surface area contributed by atoms with Crippen LogP contribution in [0.1, 0.15) is 18.1 Å². The summed E-state index contributed by atoms with van der Waals surface area (Å²) in [5.74, 6) is -30.8. The highest BCUT2D eigenvalue weighted by Gasteiger charge is 2.87. The summed E-state index contributed by atoms with van der Waals surface area (Å²) in [6.07, 6.45) is -13.8. The minimum atomic E-state index is -7.76. The SMILES string of the molecule is CCOC(Cc1ccc(OCCN(CC(F)(F)C(F)(F)C(F)(F)C(F)(F)C(F)(F)F)C(=O)Nc2cccc(C(F)(F)F)c2)cc1)C(=O)O. The van der Waals surface area contributed by atoms with Gasteiger partial charge >= 0.3 is 48.0 Å². The van der Waals surface area contributed by atoms with Crippen molar-refractivity contribution in [2.24, 2.45) is 0 Å². The number of carboxylic acid groups (broad SMARTS) is 1. The fourth-order valence-corrected chi connectivity index (χ4v) is 3.80. The molecule has 0 bridgehead atoms. The van der Waals surface area contributed by atoms with Gasteiger partial charge in [-0.2, -0.15) is 61.5 Å². The molecule has 0 spiro atoms. The van der Waals surface area contributed by atoms with Crippen LogP contribution in [0.4, 0.5) is 71.9 Å². The van der Waals surface area contributed by atoms with Crippen LogP contribution in [0.25, 0.3) is 0 Å². The lowest BCUT2D eigenvalue weighted by Crippen LogP contribution is -2.68. The third-order valence-electron chi connectivity index (χ3n) is 6.34. The number of halogens is 14. The van der Waals surface area contributed by atoms with Gasteiger partial charge in [0.2, 0.25) is 0 Å². The zero-order chi connectivity index (χ0) is 36.9. The highest BCUT2D eigenvalue weighted by atomic mass is 19.4. The molecule has 0 aliphatic carbocycles. The number of alkyl halides is 14. The maximum absolute atomic E-state index is 14.6. The number of urea groups is 1. The predicted molar refractivity (Wildman–Crippen MR) is 137 cm³/mol. The molecule has 0 saturated carbocycles. The molecule has 0 heterocycles. The summed E-state index contributed by atoms with van der Waals surface area (Å²) in [5, 5.41) is 10.8. The minimum absolute atomic E-state index is 0.0589. The van der Waals surface area contributed by atoms with E-state index in [1.165, 1.54) is 31.2 Å². The van der Waals surface area contributed by atoms with Crippen LogP contribution in [0.5, 0.6) is 5.75 Å². The lowest BCUT2D eigenvalue weighted by atomic mass is 9.97. The van der Waals surface area contributed by atoms with Crippen LogP contribution in [0.2, 0.25) is 0 Å². The van der Waals surface area contributed by atoms with E-state index >= 15 is 0 Å². The number of nitrogens with one attached hydrogen (secondary N) is 1. The van der Waals surface area contributed by atoms with Gasteiger partial charge in [0.05, 0.1) is 18.7 Å². The highest BCUT2D eigenvalue weighted by molar-refractivity contribution is 5.89. The van der Waals surface area contributed by atoms with Crippen molar-refractivity contribution in [2.45, 2.75) is 55.5 Å². The topological polar surface area (TPSA) is 88.1 Å². The molecule has 270 valence electrons. The Labute approximate surface area is 261 Å². The van der Waals surface area contributed by atoms with Crippen LogP contribution in [0.15, 0.2) is 48.5 Å². The summed E-state index contributed by atoms with van der Waals surface area (Å²) in [7, 11) is 0. The Morgan fingerprint density at radius 2 is 1.42 bits per heavy atom. The van der Waals surface area contributed by atoms with Gasteiger partial charge in [-0.3, -0.25) is 0 Å². The average Bonchev–Trinajstić information content (AvgIpc) is 2.96. The number of hydrogen-bond acceptors (Lipinski definition) is 4. The maximum atomic E-state index is 14.6. The zero-order valence-electron chi connectivity index (χ0n) is 24.1. The molecule has 0 radical (unpaired) electrons. The van der Waals surface area contributed by atoms with Crippen molar-refractivity contribution < 1.29 is 85.6 Å². The molecule has 2 aromatic carbocycles. The number of rotatable bonds is 15. The lowest BCUT2D eigenvalue weighted by Gasteiger charge is -2.38. The summed E-state index contributed by atoms with van der Waals surface area (Å²) in [4.78, 5) is 23.5. The van der Waals surface area contributed by atoms with Gasteiger partial charge in [-0.25, -0.2) is 9.59 Å². The van der Waals surface area contributed by atoms with E-state index in [2.05, 4.69) is 0 Å². The first-order valence-electron chi connectivity index (χ1n) is 13.2. The maximum Gasteiger partial charge on any atom is 0.460 e. The fraction of sp³-hybridized carbons (Fsp3) is 0.481. The molecule has 2 rings (SSSR count). The van der Waals surface area contributed by atoms with Gasteiger partial charge in [-0.1, -0.05) is 18.2 Å². The quantitative estimate of drug-likeness (QED) is 0.184. The van der Waals surface area contributed by atoms with Crippen LogP contribution < -0.4 is 10.1 Å². The summed E-state index contributed by atoms with van der Waals surface area (Å²) < 4.78 is 199. The number of aliphatic carboxylic acids is 1. The predicted octanol–water partition coefficient (Wildman–Crippen LogP) is 7.75. The number of nitrogens with zero attached hydrogens (tertiary/aromatic N) is 1. The van der Waals surface area contributed by atoms with E-state index in [1.54, 1.807) is 5.32 Å². The first-order chi connectivity index (χ1) is 21.8. The second-order valence-electron chi connectivity index (χ2n) is 9.83. The van der Waals surface area contributed by atoms with Crippen molar-refractivity contribution in [3.63, 3.8) is 0 Å². The van der Waals surface area contributed by atoms with Crippen molar-refractivity contribution in [2.75, 3.05) is 31.6 Å². The minimum Gasteiger partial charge on any atom is -0.492 e. The Hall–Kier alpha value is -4.04. The smallest absolute Gasteiger partial charge is 0.460 e. The van der Waals surface area contributed by atoms with Crippen LogP contribution in [0, 0.1) is 0 Å². The molecule has 0 saturated heterocycles. The molecule has 2 aromatic rings. The lowest BCUT2D eigenvalue weighted by molar-refractivity contribution is -0.422. The van der Waals surface area contributed by atoms with Crippen LogP contribution in [0.3, 0.4) is 0 Å². The van der Waals surface area contributed by atoms with E-state index in [0.717, 1.165) is 6.07 Å². The van der Waals surface area contributed by atoms with Crippen molar-refractivity contribution in [1.82, 2.24) is 4.90 Å². The van der Waals surface area contributed by atoms with Gasteiger partial charge in [0.1, 0.15) is 12.4 Å². The van der Waals surface area contributed by atoms with E-state index in [-0.39, 0.29) is 24.8 Å². The Balaban J connectivity index is 2.35. The van der Waals surface area contributed by atoms with Gasteiger partial charge in [-0.15, -0.1) is 0 Å². The molecule has 2 N–H and O–H groups in total. The summed E-state index contributed by atoms with van der Waals surface area (Å²) >= 11 is 0. The van der Waals surface area contributed by atoms with E-state index in [9.17, 15) is 71.1 Å². The van der Waals surface area contributed by atoms with Crippen molar-refractivity contribution >= 4 is 17.7 Å². The van der Waals surface area contributed by atoms with Gasteiger partial charge in [0.25, 0.3) is 0 Å². The van der Waals surface area contributed by atoms with Crippen LogP contribution in [-0.4, -0.2) is 84.3 Å². The molecule has 0 fully saturated rings. The molecule has 0 aliphatic heterocycles. The van der Waals surface area contributed by atoms with Crippen LogP contribution >= 0.6 is 0 Å². The molecule has 1 unspecified atom stereocenters. The number of ether oxygens (including phenoxy) is 2. The Kier molecular flexibility index (Phi) is 12.2. The second-order valence-corrected chi connectivity index (χ2v) is 9.83. The van der Waals surface area contributed by atoms with Crippen LogP contribution in [-0.2, 0) is 22.1 Å². The number of anilines is 1. The summed E-state index contributed by atoms with van der Waals surface area (Å²) in [6.45, 7) is -3.63. The molecule has 1 atom stereocenters. The molecule has 21 heteroatoms. The first-order valence-corrected chi connectivity index (χ1v) is 13.2. The standard InChI is InChI=1S/C27H24F14N2O5/c1-2-47-19(20(44)45)12-15-6-8-18(9-7-15)48-11-10-43(21(46)42-17-5-3-4-16(13-17)23(30,31)32)14-22(28,29)24(33,34)25(35,36)26(37,38)27(39,40)41/h3-9,13,19H,2,10-12,14H2,1H3,(H,42,46)(H,44,45). The van der Waals surface area contributed by atoms with Gasteiger partial charge in [-0.05, 0) is 42.8 Å². The Bertz CT molecular complexity index is 1400. The van der Waals surface area contributed by atoms with Gasteiger partial charge in [0.15, 0.2) is 6.10 Å². The van der Waals surface area contributed by atoms with Crippen molar-refractivity contribution in [3.8, 4) is 5.75 Å². The van der Waals surface area contributed by atoms with Gasteiger partial charge in [0, 0.05) is 18.7 Å². The molecule has 7 nitrogen and oxygen atoms in total. The molecule has 48 heavy (non-hydrogen) atoms. The summed E-state index contributed by atoms with van der Waals surface area (Å²) in [6, 6.07) is 5.19. The monoisotopic (exact) mass is 722 g/mol. The third-order valence-corrected chi connectivity index (χ3v) is 6.34. The first kappa shape index (κ1) is 40.1. The average molecular weight is 722 g/mol. The second kappa shape index (κ2) is 14.6. The highest BCUT2D eigenvalue weighted by Crippen LogP contribution is 2.57. The fourth-order valence-electron chi connectivity index (χ4n) is 3.80. The molecule has 2 amide bonds. The number of benzene rings is 2. The normalized spacial score (nSPS) is 14.0.